The first kappa shape index (κ1) is 12.7. The molecule has 0 unspecified atom stereocenters. The van der Waals surface area contributed by atoms with Crippen molar-refractivity contribution in [2.24, 2.45) is 5.92 Å². The first-order valence-electron chi connectivity index (χ1n) is 5.91. The monoisotopic (exact) mass is 251 g/mol. The average molecular weight is 251 g/mol. The van der Waals surface area contributed by atoms with Crippen molar-refractivity contribution in [3.8, 4) is 11.5 Å². The van der Waals surface area contributed by atoms with E-state index in [1.165, 1.54) is 0 Å². The summed E-state index contributed by atoms with van der Waals surface area (Å²) < 4.78 is 10.4. The molecule has 0 aliphatic carbocycles. The maximum Gasteiger partial charge on any atom is 0.161 e. The number of quaternary nitrogens is 1. The Morgan fingerprint density at radius 3 is 2.61 bits per heavy atom. The van der Waals surface area contributed by atoms with Crippen LogP contribution in [0.2, 0.25) is 0 Å². The summed E-state index contributed by atoms with van der Waals surface area (Å²) >= 11 is 0. The van der Waals surface area contributed by atoms with Crippen LogP contribution >= 0.6 is 0 Å². The van der Waals surface area contributed by atoms with Gasteiger partial charge >= 0.3 is 0 Å². The highest BCUT2D eigenvalue weighted by atomic mass is 16.5. The number of carboxylic acids is 1. The first-order valence-corrected chi connectivity index (χ1v) is 5.91. The lowest BCUT2D eigenvalue weighted by molar-refractivity contribution is -0.638. The molecule has 0 spiro atoms. The standard InChI is InChI=1S/C13H17NO4/c1-17-11-4-3-8(5-12(11)18-2)9-6-14-7-10(9)13(15)16/h3-5,9-10,14H,6-7H2,1-2H3,(H,15,16)/t9-,10+/m0/s1. The lowest BCUT2D eigenvalue weighted by Crippen LogP contribution is -2.81. The van der Waals surface area contributed by atoms with Crippen LogP contribution in [0.15, 0.2) is 18.2 Å². The molecule has 1 aromatic carbocycles. The van der Waals surface area contributed by atoms with Crippen LogP contribution in [0.4, 0.5) is 0 Å². The third-order valence-corrected chi connectivity index (χ3v) is 3.47. The second-order valence-electron chi connectivity index (χ2n) is 4.41. The van der Waals surface area contributed by atoms with Crippen LogP contribution < -0.4 is 19.9 Å². The smallest absolute Gasteiger partial charge is 0.161 e. The Hall–Kier alpha value is -1.75. The van der Waals surface area contributed by atoms with E-state index in [2.05, 4.69) is 0 Å². The van der Waals surface area contributed by atoms with E-state index in [-0.39, 0.29) is 5.92 Å². The van der Waals surface area contributed by atoms with Crippen molar-refractivity contribution in [2.45, 2.75) is 5.92 Å². The molecule has 1 aromatic rings. The number of carboxylic acid groups (broad SMARTS) is 1. The average Bonchev–Trinajstić information content (AvgIpc) is 2.87. The van der Waals surface area contributed by atoms with E-state index >= 15 is 0 Å². The summed E-state index contributed by atoms with van der Waals surface area (Å²) in [6, 6.07) is 5.54. The van der Waals surface area contributed by atoms with Crippen molar-refractivity contribution in [1.29, 1.82) is 0 Å². The number of benzene rings is 1. The van der Waals surface area contributed by atoms with Gasteiger partial charge in [-0.15, -0.1) is 0 Å². The van der Waals surface area contributed by atoms with E-state index in [1.807, 2.05) is 17.4 Å². The topological polar surface area (TPSA) is 75.2 Å². The normalized spacial score (nSPS) is 22.8. The molecule has 1 aliphatic rings. The molecule has 5 heteroatoms. The summed E-state index contributed by atoms with van der Waals surface area (Å²) in [5, 5.41) is 13.1. The highest BCUT2D eigenvalue weighted by Crippen LogP contribution is 2.33. The molecule has 1 fully saturated rings. The Morgan fingerprint density at radius 2 is 2.00 bits per heavy atom. The van der Waals surface area contributed by atoms with Crippen LogP contribution in [0.25, 0.3) is 0 Å². The van der Waals surface area contributed by atoms with Gasteiger partial charge in [0.2, 0.25) is 0 Å². The van der Waals surface area contributed by atoms with E-state index in [1.54, 1.807) is 20.3 Å². The van der Waals surface area contributed by atoms with Crippen molar-refractivity contribution in [3.63, 3.8) is 0 Å². The van der Waals surface area contributed by atoms with Crippen molar-refractivity contribution in [2.75, 3.05) is 27.3 Å². The largest absolute Gasteiger partial charge is 0.550 e. The highest BCUT2D eigenvalue weighted by Gasteiger charge is 2.33. The zero-order chi connectivity index (χ0) is 13.1. The van der Waals surface area contributed by atoms with Gasteiger partial charge in [0.1, 0.15) is 0 Å². The van der Waals surface area contributed by atoms with Gasteiger partial charge in [0.25, 0.3) is 0 Å². The fraction of sp³-hybridized carbons (Fsp3) is 0.462. The molecule has 1 aliphatic heterocycles. The van der Waals surface area contributed by atoms with E-state index in [0.717, 1.165) is 12.1 Å². The quantitative estimate of drug-likeness (QED) is 0.724. The molecule has 0 aromatic heterocycles. The van der Waals surface area contributed by atoms with Crippen LogP contribution in [0.5, 0.6) is 11.5 Å². The number of nitrogens with two attached hydrogens (primary N) is 1. The number of aliphatic carboxylic acids is 1. The molecule has 0 saturated carbocycles. The van der Waals surface area contributed by atoms with E-state index < -0.39 is 11.9 Å². The van der Waals surface area contributed by atoms with Gasteiger partial charge in [-0.3, -0.25) is 0 Å². The molecule has 1 saturated heterocycles. The SMILES string of the molecule is COc1ccc([C@@H]2C[NH2+]C[C@H]2C(=O)[O-])cc1OC. The minimum Gasteiger partial charge on any atom is -0.550 e. The molecule has 0 bridgehead atoms. The lowest BCUT2D eigenvalue weighted by atomic mass is 9.89. The summed E-state index contributed by atoms with van der Waals surface area (Å²) in [5.41, 5.74) is 0.954. The fourth-order valence-corrected chi connectivity index (χ4v) is 2.50. The lowest BCUT2D eigenvalue weighted by Gasteiger charge is -2.18. The van der Waals surface area contributed by atoms with Gasteiger partial charge in [0.05, 0.1) is 39.2 Å². The van der Waals surface area contributed by atoms with E-state index in [4.69, 9.17) is 9.47 Å². The molecule has 0 radical (unpaired) electrons. The van der Waals surface area contributed by atoms with Gasteiger partial charge in [0.15, 0.2) is 11.5 Å². The predicted molar refractivity (Wildman–Crippen MR) is 62.4 cm³/mol. The third-order valence-electron chi connectivity index (χ3n) is 3.47. The van der Waals surface area contributed by atoms with Gasteiger partial charge in [-0.2, -0.15) is 0 Å². The molecule has 0 amide bonds. The van der Waals surface area contributed by atoms with Gasteiger partial charge in [-0.25, -0.2) is 0 Å². The molecular weight excluding hydrogens is 234 g/mol. The second-order valence-corrected chi connectivity index (χ2v) is 4.41. The van der Waals surface area contributed by atoms with Gasteiger partial charge in [0, 0.05) is 5.92 Å². The Morgan fingerprint density at radius 1 is 1.28 bits per heavy atom. The number of carbonyl (C=O) groups is 1. The molecule has 1 heterocycles. The van der Waals surface area contributed by atoms with Crippen LogP contribution in [-0.2, 0) is 4.79 Å². The maximum atomic E-state index is 11.1. The third kappa shape index (κ3) is 2.26. The van der Waals surface area contributed by atoms with Crippen molar-refractivity contribution in [3.05, 3.63) is 23.8 Å². The Balaban J connectivity index is 2.30. The van der Waals surface area contributed by atoms with Crippen LogP contribution in [0, 0.1) is 5.92 Å². The number of rotatable bonds is 4. The Bertz CT molecular complexity index is 447. The van der Waals surface area contributed by atoms with Gasteiger partial charge < -0.3 is 24.7 Å². The van der Waals surface area contributed by atoms with E-state index in [0.29, 0.717) is 18.0 Å². The summed E-state index contributed by atoms with van der Waals surface area (Å²) in [5.74, 6) is -0.186. The Labute approximate surface area is 106 Å². The number of hydrogen-bond acceptors (Lipinski definition) is 4. The maximum absolute atomic E-state index is 11.1. The summed E-state index contributed by atoms with van der Waals surface area (Å²) in [4.78, 5) is 11.1. The molecule has 2 rings (SSSR count). The first-order chi connectivity index (χ1) is 8.67. The van der Waals surface area contributed by atoms with Crippen LogP contribution in [0.1, 0.15) is 11.5 Å². The minimum atomic E-state index is -0.983. The van der Waals surface area contributed by atoms with Gasteiger partial charge in [-0.1, -0.05) is 6.07 Å². The number of hydrogen-bond donors (Lipinski definition) is 1. The highest BCUT2D eigenvalue weighted by molar-refractivity contribution is 5.69. The van der Waals surface area contributed by atoms with Crippen LogP contribution in [-0.4, -0.2) is 33.3 Å². The summed E-state index contributed by atoms with van der Waals surface area (Å²) in [7, 11) is 3.14. The van der Waals surface area contributed by atoms with Gasteiger partial charge in [-0.05, 0) is 17.7 Å². The Kier molecular flexibility index (Phi) is 3.72. The zero-order valence-corrected chi connectivity index (χ0v) is 10.5. The van der Waals surface area contributed by atoms with E-state index in [9.17, 15) is 9.90 Å². The molecule has 98 valence electrons. The molecule has 5 nitrogen and oxygen atoms in total. The minimum absolute atomic E-state index is 0.0326. The van der Waals surface area contributed by atoms with Crippen LogP contribution in [0.3, 0.4) is 0 Å². The summed E-state index contributed by atoms with van der Waals surface area (Å²) in [6.45, 7) is 1.33. The van der Waals surface area contributed by atoms with Crippen molar-refractivity contribution >= 4 is 5.97 Å². The predicted octanol–water partition coefficient (Wildman–Crippen LogP) is -1.27. The molecule has 18 heavy (non-hydrogen) atoms. The zero-order valence-electron chi connectivity index (χ0n) is 10.5. The van der Waals surface area contributed by atoms with Crippen molar-refractivity contribution in [1.82, 2.24) is 0 Å². The summed E-state index contributed by atoms with van der Waals surface area (Å²) in [6.07, 6.45) is 0. The fourth-order valence-electron chi connectivity index (χ4n) is 2.50. The van der Waals surface area contributed by atoms with Crippen molar-refractivity contribution < 1.29 is 24.7 Å². The number of carbonyl (C=O) groups excluding carboxylic acids is 1. The number of ether oxygens (including phenoxy) is 2. The molecule has 2 N–H and O–H groups in total. The second kappa shape index (κ2) is 5.27. The molecule has 2 atom stereocenters. The molecular formula is C13H17NO4. The number of methoxy groups -OCH3 is 2.